The molecule has 0 saturated heterocycles. The SMILES string of the molecule is CCN(CC)C(=O)c1cc(N)cc([N+](=O)[O-])c1.Cl. The van der Waals surface area contributed by atoms with Crippen LogP contribution in [0.5, 0.6) is 0 Å². The van der Waals surface area contributed by atoms with Gasteiger partial charge in [-0.15, -0.1) is 12.4 Å². The molecule has 0 radical (unpaired) electrons. The summed E-state index contributed by atoms with van der Waals surface area (Å²) in [6, 6.07) is 3.93. The van der Waals surface area contributed by atoms with E-state index in [1.54, 1.807) is 4.90 Å². The molecule has 0 aromatic heterocycles. The maximum Gasteiger partial charge on any atom is 0.272 e. The topological polar surface area (TPSA) is 89.5 Å². The molecule has 1 rings (SSSR count). The lowest BCUT2D eigenvalue weighted by Crippen LogP contribution is -2.30. The highest BCUT2D eigenvalue weighted by Crippen LogP contribution is 2.19. The van der Waals surface area contributed by atoms with Crippen molar-refractivity contribution in [2.24, 2.45) is 0 Å². The van der Waals surface area contributed by atoms with Gasteiger partial charge in [0.25, 0.3) is 11.6 Å². The van der Waals surface area contributed by atoms with E-state index in [-0.39, 0.29) is 35.3 Å². The van der Waals surface area contributed by atoms with Crippen LogP contribution in [0.25, 0.3) is 0 Å². The minimum absolute atomic E-state index is 0. The van der Waals surface area contributed by atoms with Gasteiger partial charge in [-0.2, -0.15) is 0 Å². The van der Waals surface area contributed by atoms with E-state index in [1.165, 1.54) is 18.2 Å². The summed E-state index contributed by atoms with van der Waals surface area (Å²) in [7, 11) is 0. The quantitative estimate of drug-likeness (QED) is 0.517. The van der Waals surface area contributed by atoms with Crippen LogP contribution >= 0.6 is 12.4 Å². The molecule has 0 aliphatic heterocycles. The molecule has 0 fully saturated rings. The maximum atomic E-state index is 12.0. The number of nitrogens with zero attached hydrogens (tertiary/aromatic N) is 2. The molecule has 2 N–H and O–H groups in total. The Morgan fingerprint density at radius 3 is 2.33 bits per heavy atom. The Hall–Kier alpha value is -1.82. The van der Waals surface area contributed by atoms with Gasteiger partial charge in [-0.05, 0) is 19.9 Å². The molecule has 0 heterocycles. The summed E-state index contributed by atoms with van der Waals surface area (Å²) >= 11 is 0. The van der Waals surface area contributed by atoms with Gasteiger partial charge >= 0.3 is 0 Å². The summed E-state index contributed by atoms with van der Waals surface area (Å²) < 4.78 is 0. The van der Waals surface area contributed by atoms with Crippen molar-refractivity contribution in [3.63, 3.8) is 0 Å². The van der Waals surface area contributed by atoms with Gasteiger partial charge in [-0.1, -0.05) is 0 Å². The van der Waals surface area contributed by atoms with E-state index in [0.29, 0.717) is 13.1 Å². The Morgan fingerprint density at radius 1 is 1.33 bits per heavy atom. The number of anilines is 1. The number of hydrogen-bond donors (Lipinski definition) is 1. The average molecular weight is 274 g/mol. The first-order valence-corrected chi connectivity index (χ1v) is 5.33. The molecule has 0 unspecified atom stereocenters. The van der Waals surface area contributed by atoms with E-state index in [4.69, 9.17) is 5.73 Å². The van der Waals surface area contributed by atoms with Crippen molar-refractivity contribution in [2.45, 2.75) is 13.8 Å². The van der Waals surface area contributed by atoms with Crippen molar-refractivity contribution in [3.8, 4) is 0 Å². The molecule has 0 atom stereocenters. The maximum absolute atomic E-state index is 12.0. The third-order valence-corrected chi connectivity index (χ3v) is 2.45. The number of carbonyl (C=O) groups is 1. The summed E-state index contributed by atoms with van der Waals surface area (Å²) in [6.07, 6.45) is 0. The van der Waals surface area contributed by atoms with Crippen molar-refractivity contribution >= 4 is 29.7 Å². The van der Waals surface area contributed by atoms with Crippen molar-refractivity contribution in [3.05, 3.63) is 33.9 Å². The fraction of sp³-hybridized carbons (Fsp3) is 0.364. The van der Waals surface area contributed by atoms with Gasteiger partial charge in [0.15, 0.2) is 0 Å². The zero-order valence-electron chi connectivity index (χ0n) is 10.3. The summed E-state index contributed by atoms with van der Waals surface area (Å²) in [5, 5.41) is 10.7. The molecular formula is C11H16ClN3O3. The number of hydrogen-bond acceptors (Lipinski definition) is 4. The van der Waals surface area contributed by atoms with Crippen LogP contribution in [0.15, 0.2) is 18.2 Å². The fourth-order valence-corrected chi connectivity index (χ4v) is 1.56. The van der Waals surface area contributed by atoms with E-state index >= 15 is 0 Å². The zero-order chi connectivity index (χ0) is 13.0. The molecule has 1 amide bonds. The van der Waals surface area contributed by atoms with Crippen molar-refractivity contribution in [2.75, 3.05) is 18.8 Å². The van der Waals surface area contributed by atoms with Gasteiger partial charge in [-0.25, -0.2) is 0 Å². The second kappa shape index (κ2) is 6.80. The van der Waals surface area contributed by atoms with Gasteiger partial charge < -0.3 is 10.6 Å². The van der Waals surface area contributed by atoms with E-state index in [0.717, 1.165) is 0 Å². The molecule has 1 aromatic carbocycles. The molecule has 18 heavy (non-hydrogen) atoms. The molecule has 7 heteroatoms. The molecule has 1 aromatic rings. The van der Waals surface area contributed by atoms with Crippen LogP contribution < -0.4 is 5.73 Å². The summed E-state index contributed by atoms with van der Waals surface area (Å²) in [4.78, 5) is 23.7. The number of nitro groups is 1. The number of halogens is 1. The Bertz CT molecular complexity index is 447. The van der Waals surface area contributed by atoms with Crippen molar-refractivity contribution in [1.29, 1.82) is 0 Å². The Balaban J connectivity index is 0.00000289. The van der Waals surface area contributed by atoms with Gasteiger partial charge in [0.1, 0.15) is 0 Å². The summed E-state index contributed by atoms with van der Waals surface area (Å²) in [6.45, 7) is 4.81. The number of nitro benzene ring substituents is 1. The standard InChI is InChI=1S/C11H15N3O3.ClH/c1-3-13(4-2)11(15)8-5-9(12)7-10(6-8)14(16)17;/h5-7H,3-4,12H2,1-2H3;1H. The monoisotopic (exact) mass is 273 g/mol. The van der Waals surface area contributed by atoms with E-state index in [9.17, 15) is 14.9 Å². The number of carbonyl (C=O) groups excluding carboxylic acids is 1. The fourth-order valence-electron chi connectivity index (χ4n) is 1.56. The number of rotatable bonds is 4. The van der Waals surface area contributed by atoms with Crippen LogP contribution in [-0.4, -0.2) is 28.8 Å². The number of non-ortho nitro benzene ring substituents is 1. The Morgan fingerprint density at radius 2 is 1.89 bits per heavy atom. The molecule has 0 aliphatic rings. The van der Waals surface area contributed by atoms with Crippen LogP contribution in [-0.2, 0) is 0 Å². The molecule has 0 aliphatic carbocycles. The normalized spacial score (nSPS) is 9.44. The average Bonchev–Trinajstić information content (AvgIpc) is 2.29. The highest BCUT2D eigenvalue weighted by molar-refractivity contribution is 5.95. The summed E-state index contributed by atoms with van der Waals surface area (Å²) in [5.41, 5.74) is 5.84. The smallest absolute Gasteiger partial charge is 0.272 e. The van der Waals surface area contributed by atoms with E-state index in [2.05, 4.69) is 0 Å². The van der Waals surface area contributed by atoms with Crippen LogP contribution in [0.1, 0.15) is 24.2 Å². The predicted octanol–water partition coefficient (Wildman–Crippen LogP) is 2.08. The van der Waals surface area contributed by atoms with Crippen LogP contribution in [0.3, 0.4) is 0 Å². The van der Waals surface area contributed by atoms with Crippen molar-refractivity contribution in [1.82, 2.24) is 4.90 Å². The lowest BCUT2D eigenvalue weighted by Gasteiger charge is -2.18. The Labute approximate surface area is 111 Å². The van der Waals surface area contributed by atoms with Gasteiger partial charge in [-0.3, -0.25) is 14.9 Å². The van der Waals surface area contributed by atoms with Crippen LogP contribution in [0, 0.1) is 10.1 Å². The minimum atomic E-state index is -0.560. The molecule has 0 bridgehead atoms. The van der Waals surface area contributed by atoms with Gasteiger partial charge in [0.2, 0.25) is 0 Å². The molecular weight excluding hydrogens is 258 g/mol. The number of amides is 1. The Kier molecular flexibility index (Phi) is 6.12. The molecule has 0 saturated carbocycles. The largest absolute Gasteiger partial charge is 0.399 e. The summed E-state index contributed by atoms with van der Waals surface area (Å²) in [5.74, 6) is -0.245. The lowest BCUT2D eigenvalue weighted by atomic mass is 10.1. The van der Waals surface area contributed by atoms with E-state index < -0.39 is 4.92 Å². The molecule has 6 nitrogen and oxygen atoms in total. The van der Waals surface area contributed by atoms with Crippen molar-refractivity contribution < 1.29 is 9.72 Å². The van der Waals surface area contributed by atoms with E-state index in [1.807, 2.05) is 13.8 Å². The van der Waals surface area contributed by atoms with Crippen LogP contribution in [0.4, 0.5) is 11.4 Å². The minimum Gasteiger partial charge on any atom is -0.399 e. The third kappa shape index (κ3) is 3.59. The van der Waals surface area contributed by atoms with Gasteiger partial charge in [0, 0.05) is 36.5 Å². The second-order valence-corrected chi connectivity index (χ2v) is 3.55. The first-order valence-electron chi connectivity index (χ1n) is 5.33. The molecule has 100 valence electrons. The zero-order valence-corrected chi connectivity index (χ0v) is 11.1. The number of nitrogen functional groups attached to an aromatic ring is 1. The highest BCUT2D eigenvalue weighted by Gasteiger charge is 2.17. The highest BCUT2D eigenvalue weighted by atomic mass is 35.5. The third-order valence-electron chi connectivity index (χ3n) is 2.45. The number of nitrogens with two attached hydrogens (primary N) is 1. The molecule has 0 spiro atoms. The lowest BCUT2D eigenvalue weighted by molar-refractivity contribution is -0.384. The van der Waals surface area contributed by atoms with Crippen LogP contribution in [0.2, 0.25) is 0 Å². The first kappa shape index (κ1) is 16.2. The number of benzene rings is 1. The predicted molar refractivity (Wildman–Crippen MR) is 72.0 cm³/mol. The van der Waals surface area contributed by atoms with Gasteiger partial charge in [0.05, 0.1) is 4.92 Å². The first-order chi connectivity index (χ1) is 7.99. The second-order valence-electron chi connectivity index (χ2n) is 3.55.